The van der Waals surface area contributed by atoms with Crippen LogP contribution in [0.2, 0.25) is 0 Å². The van der Waals surface area contributed by atoms with Crippen LogP contribution < -0.4 is 0 Å². The summed E-state index contributed by atoms with van der Waals surface area (Å²) in [6, 6.07) is 8.99. The van der Waals surface area contributed by atoms with E-state index in [1.807, 2.05) is 32.0 Å². The summed E-state index contributed by atoms with van der Waals surface area (Å²) < 4.78 is 25.7. The highest BCUT2D eigenvalue weighted by atomic mass is 32.2. The molecule has 4 aliphatic carbocycles. The molecule has 0 bridgehead atoms. The molecule has 1 aromatic carbocycles. The fourth-order valence-corrected chi connectivity index (χ4v) is 9.86. The van der Waals surface area contributed by atoms with E-state index in [2.05, 4.69) is 6.92 Å². The van der Waals surface area contributed by atoms with Crippen LogP contribution in [0, 0.1) is 40.9 Å². The van der Waals surface area contributed by atoms with E-state index in [1.165, 1.54) is 44.9 Å². The number of fused-ring (bicyclic) bond motifs is 5. The molecule has 0 spiro atoms. The summed E-state index contributed by atoms with van der Waals surface area (Å²) >= 11 is 0. The largest absolute Gasteiger partial charge is 0.393 e. The normalized spacial score (nSPS) is 40.9. The first-order chi connectivity index (χ1) is 15.4. The van der Waals surface area contributed by atoms with Gasteiger partial charge in [0.1, 0.15) is 0 Å². The summed E-state index contributed by atoms with van der Waals surface area (Å²) in [5, 5.41) is 10.1. The Morgan fingerprint density at radius 1 is 0.906 bits per heavy atom. The molecule has 5 rings (SSSR count). The monoisotopic (exact) mass is 460 g/mol. The number of rotatable bonds is 4. The third kappa shape index (κ3) is 4.43. The Morgan fingerprint density at radius 2 is 1.62 bits per heavy atom. The minimum Gasteiger partial charge on any atom is -0.393 e. The van der Waals surface area contributed by atoms with Crippen LogP contribution in [-0.2, 0) is 9.84 Å². The smallest absolute Gasteiger partial charge is 0.178 e. The summed E-state index contributed by atoms with van der Waals surface area (Å²) in [6.45, 7) is 6.50. The van der Waals surface area contributed by atoms with Crippen LogP contribution in [0.25, 0.3) is 0 Å². The van der Waals surface area contributed by atoms with E-state index in [-0.39, 0.29) is 6.10 Å². The van der Waals surface area contributed by atoms with Gasteiger partial charge in [-0.25, -0.2) is 8.42 Å². The van der Waals surface area contributed by atoms with E-state index in [9.17, 15) is 13.5 Å². The third-order valence-corrected chi connectivity index (χ3v) is 11.7. The summed E-state index contributed by atoms with van der Waals surface area (Å²) in [6.07, 6.45) is 11.8. The second-order valence-electron chi connectivity index (χ2n) is 11.1. The Bertz CT molecular complexity index is 851. The van der Waals surface area contributed by atoms with Crippen molar-refractivity contribution in [2.45, 2.75) is 96.0 Å². The Kier molecular flexibility index (Phi) is 7.41. The molecule has 0 aliphatic heterocycles. The predicted molar refractivity (Wildman–Crippen MR) is 131 cm³/mol. The molecule has 0 saturated heterocycles. The molecule has 0 aromatic heterocycles. The van der Waals surface area contributed by atoms with Gasteiger partial charge in [-0.15, -0.1) is 0 Å². The predicted octanol–water partition coefficient (Wildman–Crippen LogP) is 6.51. The van der Waals surface area contributed by atoms with E-state index in [1.54, 1.807) is 12.1 Å². The highest BCUT2D eigenvalue weighted by Crippen LogP contribution is 2.64. The first-order valence-electron chi connectivity index (χ1n) is 13.3. The number of hydrogen-bond donors (Lipinski definition) is 1. The zero-order valence-electron chi connectivity index (χ0n) is 20.4. The van der Waals surface area contributed by atoms with E-state index < -0.39 is 9.84 Å². The molecule has 0 radical (unpaired) electrons. The van der Waals surface area contributed by atoms with Crippen LogP contribution >= 0.6 is 0 Å². The van der Waals surface area contributed by atoms with Crippen molar-refractivity contribution in [3.05, 3.63) is 30.3 Å². The zero-order valence-corrected chi connectivity index (χ0v) is 21.2. The van der Waals surface area contributed by atoms with Crippen molar-refractivity contribution in [2.24, 2.45) is 40.9 Å². The lowest BCUT2D eigenvalue weighted by Crippen LogP contribution is -2.49. The fourth-order valence-electron chi connectivity index (χ4n) is 8.45. The van der Waals surface area contributed by atoms with Crippen LogP contribution in [0.5, 0.6) is 0 Å². The molecule has 4 saturated carbocycles. The lowest BCUT2D eigenvalue weighted by Gasteiger charge is -2.56. The molecule has 1 N–H and O–H groups in total. The van der Waals surface area contributed by atoms with Crippen LogP contribution in [0.1, 0.15) is 85.0 Å². The van der Waals surface area contributed by atoms with Gasteiger partial charge in [-0.05, 0) is 117 Å². The standard InChI is InChI=1S/C26H38O3S.C2H6/c1-26-15-13-23-22-11-9-20(27)17-18(22)7-10-24(23)25(26)12-8-19(26)14-16-30(28,29)21-5-3-2-4-6-21;1-2/h2-6,18-20,22-25,27H,7-17H2,1H3;1-2H3. The maximum atomic E-state index is 12.8. The number of benzene rings is 1. The number of hydrogen-bond acceptors (Lipinski definition) is 3. The highest BCUT2D eigenvalue weighted by molar-refractivity contribution is 7.91. The fraction of sp³-hybridized carbons (Fsp3) is 0.786. The van der Waals surface area contributed by atoms with E-state index >= 15 is 0 Å². The second kappa shape index (κ2) is 9.78. The van der Waals surface area contributed by atoms with Crippen molar-refractivity contribution in [1.82, 2.24) is 0 Å². The molecule has 4 heteroatoms. The topological polar surface area (TPSA) is 54.4 Å². The van der Waals surface area contributed by atoms with Gasteiger partial charge < -0.3 is 5.11 Å². The first-order valence-corrected chi connectivity index (χ1v) is 15.0. The van der Waals surface area contributed by atoms with E-state index in [4.69, 9.17) is 0 Å². The zero-order chi connectivity index (χ0) is 22.9. The highest BCUT2D eigenvalue weighted by Gasteiger charge is 2.56. The Balaban J connectivity index is 0.00000119. The molecule has 4 fully saturated rings. The second-order valence-corrected chi connectivity index (χ2v) is 13.3. The van der Waals surface area contributed by atoms with Crippen molar-refractivity contribution >= 4 is 9.84 Å². The van der Waals surface area contributed by atoms with Gasteiger partial charge in [0.05, 0.1) is 16.8 Å². The van der Waals surface area contributed by atoms with Gasteiger partial charge >= 0.3 is 0 Å². The first kappa shape index (κ1) is 24.3. The Labute approximate surface area is 196 Å². The maximum Gasteiger partial charge on any atom is 0.178 e. The SMILES string of the molecule is CC.CC12CCC3C4CCC(O)CC4CCC3C1CCC2CCS(=O)(=O)c1ccccc1. The molecule has 0 heterocycles. The molecule has 8 atom stereocenters. The van der Waals surface area contributed by atoms with Crippen LogP contribution in [0.4, 0.5) is 0 Å². The minimum atomic E-state index is -3.18. The number of aliphatic hydroxyl groups excluding tert-OH is 1. The van der Waals surface area contributed by atoms with Gasteiger partial charge in [-0.2, -0.15) is 0 Å². The lowest BCUT2D eigenvalue weighted by atomic mass is 9.49. The molecule has 32 heavy (non-hydrogen) atoms. The molecular weight excluding hydrogens is 416 g/mol. The Morgan fingerprint density at radius 3 is 2.38 bits per heavy atom. The molecular formula is C28H44O3S. The van der Waals surface area contributed by atoms with Crippen LogP contribution in [0.15, 0.2) is 35.2 Å². The van der Waals surface area contributed by atoms with Crippen molar-refractivity contribution in [3.8, 4) is 0 Å². The molecule has 0 amide bonds. The average molecular weight is 461 g/mol. The van der Waals surface area contributed by atoms with Crippen molar-refractivity contribution in [1.29, 1.82) is 0 Å². The summed E-state index contributed by atoms with van der Waals surface area (Å²) in [5.41, 5.74) is 0.328. The molecule has 3 nitrogen and oxygen atoms in total. The average Bonchev–Trinajstić information content (AvgIpc) is 3.15. The van der Waals surface area contributed by atoms with E-state index in [0.717, 1.165) is 48.9 Å². The van der Waals surface area contributed by atoms with Gasteiger partial charge in [0.15, 0.2) is 9.84 Å². The van der Waals surface area contributed by atoms with Crippen LogP contribution in [-0.4, -0.2) is 25.4 Å². The van der Waals surface area contributed by atoms with Gasteiger partial charge in [-0.1, -0.05) is 39.0 Å². The number of aliphatic hydroxyl groups is 1. The van der Waals surface area contributed by atoms with Crippen LogP contribution in [0.3, 0.4) is 0 Å². The quantitative estimate of drug-likeness (QED) is 0.557. The van der Waals surface area contributed by atoms with Crippen molar-refractivity contribution < 1.29 is 13.5 Å². The van der Waals surface area contributed by atoms with Gasteiger partial charge in [0, 0.05) is 0 Å². The molecule has 8 unspecified atom stereocenters. The maximum absolute atomic E-state index is 12.8. The molecule has 1 aromatic rings. The summed E-state index contributed by atoms with van der Waals surface area (Å²) in [7, 11) is -3.18. The minimum absolute atomic E-state index is 0.0564. The number of sulfone groups is 1. The summed E-state index contributed by atoms with van der Waals surface area (Å²) in [4.78, 5) is 0.478. The van der Waals surface area contributed by atoms with Crippen molar-refractivity contribution in [3.63, 3.8) is 0 Å². The van der Waals surface area contributed by atoms with Gasteiger partial charge in [0.25, 0.3) is 0 Å². The molecule has 180 valence electrons. The van der Waals surface area contributed by atoms with Gasteiger partial charge in [-0.3, -0.25) is 0 Å². The van der Waals surface area contributed by atoms with E-state index in [0.29, 0.717) is 22.0 Å². The molecule has 4 aliphatic rings. The van der Waals surface area contributed by atoms with Crippen molar-refractivity contribution in [2.75, 3.05) is 5.75 Å². The summed E-state index contributed by atoms with van der Waals surface area (Å²) in [5.74, 6) is 4.93. The Hall–Kier alpha value is -0.870. The lowest BCUT2D eigenvalue weighted by molar-refractivity contribution is -0.0772. The van der Waals surface area contributed by atoms with Gasteiger partial charge in [0.2, 0.25) is 0 Å². The third-order valence-electron chi connectivity index (χ3n) is 9.96.